The van der Waals surface area contributed by atoms with Crippen molar-refractivity contribution in [2.45, 2.75) is 26.7 Å². The van der Waals surface area contributed by atoms with E-state index in [0.29, 0.717) is 13.0 Å². The summed E-state index contributed by atoms with van der Waals surface area (Å²) in [6.07, 6.45) is 1.09. The van der Waals surface area contributed by atoms with Gasteiger partial charge >= 0.3 is 5.97 Å². The van der Waals surface area contributed by atoms with E-state index in [1.54, 1.807) is 0 Å². The Kier molecular flexibility index (Phi) is 5.90. The molecule has 0 bridgehead atoms. The van der Waals surface area contributed by atoms with Gasteiger partial charge in [-0.1, -0.05) is 6.92 Å². The van der Waals surface area contributed by atoms with Crippen LogP contribution in [0.25, 0.3) is 0 Å². The summed E-state index contributed by atoms with van der Waals surface area (Å²) in [5, 5.41) is 6.24. The molecular formula is C12H20N4O2. The number of methoxy groups -OCH3 is 1. The molecule has 0 saturated heterocycles. The maximum absolute atomic E-state index is 11.0. The molecule has 0 aliphatic rings. The molecule has 1 heterocycles. The number of rotatable bonds is 7. The second kappa shape index (κ2) is 7.47. The molecule has 2 N–H and O–H groups in total. The summed E-state index contributed by atoms with van der Waals surface area (Å²) in [6, 6.07) is 1.83. The van der Waals surface area contributed by atoms with E-state index in [1.165, 1.54) is 7.11 Å². The monoisotopic (exact) mass is 252 g/mol. The third-order valence-electron chi connectivity index (χ3n) is 2.31. The molecule has 0 spiro atoms. The standard InChI is InChI=1S/C12H20N4O2/c1-4-9-15-10(13-5-2)8-11(16-9)14-7-6-12(17)18-3/h8H,4-7H2,1-3H3,(H2,13,14,15,16). The molecule has 0 aromatic carbocycles. The van der Waals surface area contributed by atoms with Crippen LogP contribution in [0.5, 0.6) is 0 Å². The number of ether oxygens (including phenoxy) is 1. The first kappa shape index (κ1) is 14.2. The number of carbonyl (C=O) groups is 1. The highest BCUT2D eigenvalue weighted by Gasteiger charge is 2.04. The Labute approximate surface area is 107 Å². The second-order valence-corrected chi connectivity index (χ2v) is 3.69. The van der Waals surface area contributed by atoms with E-state index in [2.05, 4.69) is 25.3 Å². The summed E-state index contributed by atoms with van der Waals surface area (Å²) in [5.41, 5.74) is 0. The highest BCUT2D eigenvalue weighted by atomic mass is 16.5. The van der Waals surface area contributed by atoms with Gasteiger partial charge in [0.05, 0.1) is 13.5 Å². The molecule has 6 heteroatoms. The van der Waals surface area contributed by atoms with Crippen molar-refractivity contribution in [1.29, 1.82) is 0 Å². The minimum absolute atomic E-state index is 0.237. The van der Waals surface area contributed by atoms with Crippen LogP contribution >= 0.6 is 0 Å². The van der Waals surface area contributed by atoms with Gasteiger partial charge in [-0.15, -0.1) is 0 Å². The maximum atomic E-state index is 11.0. The second-order valence-electron chi connectivity index (χ2n) is 3.69. The quantitative estimate of drug-likeness (QED) is 0.715. The van der Waals surface area contributed by atoms with Gasteiger partial charge in [0.15, 0.2) is 0 Å². The van der Waals surface area contributed by atoms with E-state index in [4.69, 9.17) is 0 Å². The number of carbonyl (C=O) groups excluding carboxylic acids is 1. The number of esters is 1. The van der Waals surface area contributed by atoms with E-state index in [0.717, 1.165) is 30.4 Å². The molecule has 0 atom stereocenters. The fraction of sp³-hybridized carbons (Fsp3) is 0.583. The van der Waals surface area contributed by atoms with Crippen molar-refractivity contribution in [2.75, 3.05) is 30.8 Å². The lowest BCUT2D eigenvalue weighted by atomic mass is 10.4. The van der Waals surface area contributed by atoms with Crippen molar-refractivity contribution in [3.63, 3.8) is 0 Å². The number of aromatic nitrogens is 2. The number of nitrogens with one attached hydrogen (secondary N) is 2. The van der Waals surface area contributed by atoms with Crippen LogP contribution in [0, 0.1) is 0 Å². The SMILES string of the molecule is CCNc1cc(NCCC(=O)OC)nc(CC)n1. The zero-order valence-electron chi connectivity index (χ0n) is 11.1. The lowest BCUT2D eigenvalue weighted by molar-refractivity contribution is -0.140. The first-order valence-electron chi connectivity index (χ1n) is 6.12. The van der Waals surface area contributed by atoms with Crippen molar-refractivity contribution < 1.29 is 9.53 Å². The smallest absolute Gasteiger partial charge is 0.307 e. The normalized spacial score (nSPS) is 9.94. The average Bonchev–Trinajstić information content (AvgIpc) is 2.38. The lowest BCUT2D eigenvalue weighted by Crippen LogP contribution is -2.12. The molecular weight excluding hydrogens is 232 g/mol. The summed E-state index contributed by atoms with van der Waals surface area (Å²) >= 11 is 0. The number of hydrogen-bond acceptors (Lipinski definition) is 6. The van der Waals surface area contributed by atoms with E-state index in [-0.39, 0.29) is 5.97 Å². The highest BCUT2D eigenvalue weighted by molar-refractivity contribution is 5.69. The van der Waals surface area contributed by atoms with Crippen LogP contribution in [0.1, 0.15) is 26.1 Å². The Morgan fingerprint density at radius 3 is 2.50 bits per heavy atom. The molecule has 0 aliphatic carbocycles. The van der Waals surface area contributed by atoms with Crippen LogP contribution < -0.4 is 10.6 Å². The Balaban J connectivity index is 2.63. The summed E-state index contributed by atoms with van der Waals surface area (Å²) in [5.74, 6) is 2.06. The van der Waals surface area contributed by atoms with Gasteiger partial charge in [-0.3, -0.25) is 4.79 Å². The van der Waals surface area contributed by atoms with E-state index in [1.807, 2.05) is 19.9 Å². The first-order chi connectivity index (χ1) is 8.69. The number of hydrogen-bond donors (Lipinski definition) is 2. The predicted octanol–water partition coefficient (Wildman–Crippen LogP) is 1.45. The highest BCUT2D eigenvalue weighted by Crippen LogP contribution is 2.11. The van der Waals surface area contributed by atoms with Crippen molar-refractivity contribution in [3.05, 3.63) is 11.9 Å². The molecule has 100 valence electrons. The van der Waals surface area contributed by atoms with Crippen molar-refractivity contribution in [3.8, 4) is 0 Å². The molecule has 0 saturated carbocycles. The summed E-state index contributed by atoms with van der Waals surface area (Å²) in [6.45, 7) is 5.32. The molecule has 0 fully saturated rings. The summed E-state index contributed by atoms with van der Waals surface area (Å²) in [7, 11) is 1.38. The Hall–Kier alpha value is -1.85. The van der Waals surface area contributed by atoms with E-state index < -0.39 is 0 Å². The maximum Gasteiger partial charge on any atom is 0.307 e. The topological polar surface area (TPSA) is 76.1 Å². The van der Waals surface area contributed by atoms with Crippen LogP contribution in [-0.4, -0.2) is 36.1 Å². The molecule has 1 rings (SSSR count). The minimum Gasteiger partial charge on any atom is -0.469 e. The zero-order valence-corrected chi connectivity index (χ0v) is 11.1. The third-order valence-corrected chi connectivity index (χ3v) is 2.31. The molecule has 1 aromatic heterocycles. The van der Waals surface area contributed by atoms with Crippen LogP contribution in [0.4, 0.5) is 11.6 Å². The fourth-order valence-electron chi connectivity index (χ4n) is 1.41. The van der Waals surface area contributed by atoms with Crippen LogP contribution in [-0.2, 0) is 16.0 Å². The molecule has 18 heavy (non-hydrogen) atoms. The number of nitrogens with zero attached hydrogens (tertiary/aromatic N) is 2. The molecule has 0 amide bonds. The lowest BCUT2D eigenvalue weighted by Gasteiger charge is -2.09. The van der Waals surface area contributed by atoms with Gasteiger partial charge in [0, 0.05) is 25.6 Å². The number of anilines is 2. The van der Waals surface area contributed by atoms with Crippen LogP contribution in [0.15, 0.2) is 6.07 Å². The minimum atomic E-state index is -0.237. The van der Waals surface area contributed by atoms with Gasteiger partial charge in [0.1, 0.15) is 17.5 Å². The third kappa shape index (κ3) is 4.57. The largest absolute Gasteiger partial charge is 0.469 e. The van der Waals surface area contributed by atoms with Crippen LogP contribution in [0.2, 0.25) is 0 Å². The summed E-state index contributed by atoms with van der Waals surface area (Å²) in [4.78, 5) is 19.7. The first-order valence-corrected chi connectivity index (χ1v) is 6.12. The zero-order chi connectivity index (χ0) is 13.4. The van der Waals surface area contributed by atoms with E-state index >= 15 is 0 Å². The van der Waals surface area contributed by atoms with Crippen molar-refractivity contribution >= 4 is 17.6 Å². The molecule has 0 unspecified atom stereocenters. The van der Waals surface area contributed by atoms with Crippen molar-refractivity contribution in [1.82, 2.24) is 9.97 Å². The van der Waals surface area contributed by atoms with Gasteiger partial charge in [0.25, 0.3) is 0 Å². The van der Waals surface area contributed by atoms with Crippen molar-refractivity contribution in [2.24, 2.45) is 0 Å². The Morgan fingerprint density at radius 2 is 1.94 bits per heavy atom. The molecule has 1 aromatic rings. The van der Waals surface area contributed by atoms with Gasteiger partial charge in [0.2, 0.25) is 0 Å². The van der Waals surface area contributed by atoms with E-state index in [9.17, 15) is 4.79 Å². The molecule has 6 nitrogen and oxygen atoms in total. The Morgan fingerprint density at radius 1 is 1.28 bits per heavy atom. The van der Waals surface area contributed by atoms with Gasteiger partial charge in [-0.2, -0.15) is 0 Å². The number of aryl methyl sites for hydroxylation is 1. The van der Waals surface area contributed by atoms with Gasteiger partial charge in [-0.25, -0.2) is 9.97 Å². The predicted molar refractivity (Wildman–Crippen MR) is 70.7 cm³/mol. The Bertz CT molecular complexity index is 396. The van der Waals surface area contributed by atoms with Crippen LogP contribution in [0.3, 0.4) is 0 Å². The molecule has 0 radical (unpaired) electrons. The fourth-order valence-corrected chi connectivity index (χ4v) is 1.41. The average molecular weight is 252 g/mol. The van der Waals surface area contributed by atoms with Gasteiger partial charge < -0.3 is 15.4 Å². The van der Waals surface area contributed by atoms with Gasteiger partial charge in [-0.05, 0) is 6.92 Å². The summed E-state index contributed by atoms with van der Waals surface area (Å²) < 4.78 is 4.57. The molecule has 0 aliphatic heterocycles.